The molecule has 0 saturated heterocycles. The molecule has 0 heterocycles. The molecule has 0 aliphatic heterocycles. The smallest absolute Gasteiger partial charge is 0.119 e. The lowest BCUT2D eigenvalue weighted by molar-refractivity contribution is 0.294. The van der Waals surface area contributed by atoms with Gasteiger partial charge in [-0.15, -0.1) is 0 Å². The zero-order valence-corrected chi connectivity index (χ0v) is 10.7. The van der Waals surface area contributed by atoms with Gasteiger partial charge in [-0.25, -0.2) is 0 Å². The van der Waals surface area contributed by atoms with Gasteiger partial charge in [0.05, 0.1) is 6.61 Å². The molecule has 0 atom stereocenters. The van der Waals surface area contributed by atoms with Gasteiger partial charge in [0.1, 0.15) is 5.75 Å². The molecule has 1 aliphatic carbocycles. The van der Waals surface area contributed by atoms with Gasteiger partial charge in [-0.05, 0) is 43.9 Å². The Hall–Kier alpha value is -1.02. The zero-order valence-electron chi connectivity index (χ0n) is 10.7. The molecule has 0 spiro atoms. The molecule has 94 valence electrons. The van der Waals surface area contributed by atoms with E-state index in [0.29, 0.717) is 0 Å². The van der Waals surface area contributed by atoms with Gasteiger partial charge >= 0.3 is 0 Å². The molecule has 0 radical (unpaired) electrons. The van der Waals surface area contributed by atoms with E-state index in [4.69, 9.17) is 10.5 Å². The van der Waals surface area contributed by atoms with Gasteiger partial charge in [-0.2, -0.15) is 0 Å². The summed E-state index contributed by atoms with van der Waals surface area (Å²) in [4.78, 5) is 0. The Morgan fingerprint density at radius 3 is 2.35 bits per heavy atom. The Kier molecular flexibility index (Phi) is 4.06. The second-order valence-corrected chi connectivity index (χ2v) is 5.18. The molecule has 2 N–H and O–H groups in total. The summed E-state index contributed by atoms with van der Waals surface area (Å²) in [6, 6.07) is 8.39. The lowest BCUT2D eigenvalue weighted by atomic mass is 9.78. The first kappa shape index (κ1) is 12.4. The summed E-state index contributed by atoms with van der Waals surface area (Å²) in [6.45, 7) is 2.73. The van der Waals surface area contributed by atoms with Crippen molar-refractivity contribution in [1.82, 2.24) is 0 Å². The third-order valence-electron chi connectivity index (χ3n) is 3.64. The van der Waals surface area contributed by atoms with Gasteiger partial charge in [-0.1, -0.05) is 31.4 Å². The van der Waals surface area contributed by atoms with Crippen molar-refractivity contribution in [2.45, 2.75) is 51.0 Å². The van der Waals surface area contributed by atoms with Crippen LogP contribution in [0.25, 0.3) is 0 Å². The molecule has 17 heavy (non-hydrogen) atoms. The summed E-state index contributed by atoms with van der Waals surface area (Å²) in [7, 11) is 0. The van der Waals surface area contributed by atoms with E-state index in [1.165, 1.54) is 37.7 Å². The van der Waals surface area contributed by atoms with Gasteiger partial charge in [0, 0.05) is 5.54 Å². The Balaban J connectivity index is 1.97. The second-order valence-electron chi connectivity index (χ2n) is 5.18. The number of hydrogen-bond donors (Lipinski definition) is 1. The fraction of sp³-hybridized carbons (Fsp3) is 0.600. The van der Waals surface area contributed by atoms with Crippen molar-refractivity contribution in [2.24, 2.45) is 5.73 Å². The minimum absolute atomic E-state index is 0.0331. The predicted octanol–water partition coefficient (Wildman–Crippen LogP) is 3.29. The standard InChI is InChI=1S/C15H23NO/c1-2-17-14-8-6-13(7-9-14)12-15(16)10-4-3-5-11-15/h6-9H,2-5,10-12,16H2,1H3. The van der Waals surface area contributed by atoms with Crippen LogP contribution in [0.5, 0.6) is 5.75 Å². The van der Waals surface area contributed by atoms with Crippen molar-refractivity contribution in [2.75, 3.05) is 6.61 Å². The summed E-state index contributed by atoms with van der Waals surface area (Å²) in [5, 5.41) is 0. The molecule has 0 amide bonds. The van der Waals surface area contributed by atoms with Gasteiger partial charge in [0.15, 0.2) is 0 Å². The summed E-state index contributed by atoms with van der Waals surface area (Å²) < 4.78 is 5.44. The number of benzene rings is 1. The molecule has 1 aromatic carbocycles. The fourth-order valence-electron chi connectivity index (χ4n) is 2.71. The van der Waals surface area contributed by atoms with Crippen LogP contribution in [-0.2, 0) is 6.42 Å². The highest BCUT2D eigenvalue weighted by Crippen LogP contribution is 2.29. The van der Waals surface area contributed by atoms with Gasteiger partial charge in [0.2, 0.25) is 0 Å². The SMILES string of the molecule is CCOc1ccc(CC2(N)CCCCC2)cc1. The van der Waals surface area contributed by atoms with E-state index in [1.807, 2.05) is 19.1 Å². The van der Waals surface area contributed by atoms with Gasteiger partial charge < -0.3 is 10.5 Å². The minimum Gasteiger partial charge on any atom is -0.494 e. The molecule has 1 fully saturated rings. The maximum atomic E-state index is 6.46. The maximum Gasteiger partial charge on any atom is 0.119 e. The first-order chi connectivity index (χ1) is 8.22. The monoisotopic (exact) mass is 233 g/mol. The van der Waals surface area contributed by atoms with Crippen molar-refractivity contribution in [3.63, 3.8) is 0 Å². The van der Waals surface area contributed by atoms with Crippen LogP contribution in [0.2, 0.25) is 0 Å². The van der Waals surface area contributed by atoms with Crippen LogP contribution in [0.1, 0.15) is 44.6 Å². The summed E-state index contributed by atoms with van der Waals surface area (Å²) in [5.41, 5.74) is 7.82. The quantitative estimate of drug-likeness (QED) is 0.866. The molecule has 0 unspecified atom stereocenters. The molecule has 1 aliphatic rings. The average molecular weight is 233 g/mol. The largest absolute Gasteiger partial charge is 0.494 e. The molecule has 2 nitrogen and oxygen atoms in total. The lowest BCUT2D eigenvalue weighted by Crippen LogP contribution is -2.43. The van der Waals surface area contributed by atoms with Gasteiger partial charge in [0.25, 0.3) is 0 Å². The first-order valence-electron chi connectivity index (χ1n) is 6.72. The third-order valence-corrected chi connectivity index (χ3v) is 3.64. The maximum absolute atomic E-state index is 6.46. The second kappa shape index (κ2) is 5.54. The van der Waals surface area contributed by atoms with Crippen LogP contribution in [0, 0.1) is 0 Å². The molecular weight excluding hydrogens is 210 g/mol. The van der Waals surface area contributed by atoms with Crippen LogP contribution in [-0.4, -0.2) is 12.1 Å². The van der Waals surface area contributed by atoms with Crippen LogP contribution >= 0.6 is 0 Å². The highest BCUT2D eigenvalue weighted by atomic mass is 16.5. The third kappa shape index (κ3) is 3.47. The predicted molar refractivity (Wildman–Crippen MR) is 71.3 cm³/mol. The number of rotatable bonds is 4. The molecular formula is C15H23NO. The highest BCUT2D eigenvalue weighted by Gasteiger charge is 2.27. The Labute approximate surface area is 104 Å². The normalized spacial score (nSPS) is 18.9. The van der Waals surface area contributed by atoms with E-state index in [0.717, 1.165) is 18.8 Å². The number of nitrogens with two attached hydrogens (primary N) is 1. The van der Waals surface area contributed by atoms with Crippen molar-refractivity contribution in [1.29, 1.82) is 0 Å². The molecule has 0 bridgehead atoms. The van der Waals surface area contributed by atoms with Crippen molar-refractivity contribution < 1.29 is 4.74 Å². The highest BCUT2D eigenvalue weighted by molar-refractivity contribution is 5.28. The fourth-order valence-corrected chi connectivity index (χ4v) is 2.71. The van der Waals surface area contributed by atoms with E-state index < -0.39 is 0 Å². The van der Waals surface area contributed by atoms with E-state index in [-0.39, 0.29) is 5.54 Å². The summed E-state index contributed by atoms with van der Waals surface area (Å²) >= 11 is 0. The van der Waals surface area contributed by atoms with Crippen molar-refractivity contribution in [3.05, 3.63) is 29.8 Å². The molecule has 1 saturated carbocycles. The molecule has 2 rings (SSSR count). The van der Waals surface area contributed by atoms with Crippen LogP contribution < -0.4 is 10.5 Å². The Bertz CT molecular complexity index is 338. The molecule has 2 heteroatoms. The average Bonchev–Trinajstić information content (AvgIpc) is 2.33. The minimum atomic E-state index is 0.0331. The number of ether oxygens (including phenoxy) is 1. The topological polar surface area (TPSA) is 35.2 Å². The van der Waals surface area contributed by atoms with Crippen molar-refractivity contribution >= 4 is 0 Å². The van der Waals surface area contributed by atoms with E-state index >= 15 is 0 Å². The van der Waals surface area contributed by atoms with Crippen LogP contribution in [0.3, 0.4) is 0 Å². The number of hydrogen-bond acceptors (Lipinski definition) is 2. The van der Waals surface area contributed by atoms with Crippen molar-refractivity contribution in [3.8, 4) is 5.75 Å². The summed E-state index contributed by atoms with van der Waals surface area (Å²) in [5.74, 6) is 0.950. The van der Waals surface area contributed by atoms with E-state index in [9.17, 15) is 0 Å². The van der Waals surface area contributed by atoms with Gasteiger partial charge in [-0.3, -0.25) is 0 Å². The Morgan fingerprint density at radius 2 is 1.76 bits per heavy atom. The van der Waals surface area contributed by atoms with E-state index in [2.05, 4.69) is 12.1 Å². The molecule has 1 aromatic rings. The van der Waals surface area contributed by atoms with Crippen LogP contribution in [0.4, 0.5) is 0 Å². The van der Waals surface area contributed by atoms with E-state index in [1.54, 1.807) is 0 Å². The lowest BCUT2D eigenvalue weighted by Gasteiger charge is -2.33. The first-order valence-corrected chi connectivity index (χ1v) is 6.72. The summed E-state index contributed by atoms with van der Waals surface area (Å²) in [6.07, 6.45) is 7.25. The zero-order chi connectivity index (χ0) is 12.1. The Morgan fingerprint density at radius 1 is 1.12 bits per heavy atom. The van der Waals surface area contributed by atoms with Crippen LogP contribution in [0.15, 0.2) is 24.3 Å². The molecule has 0 aromatic heterocycles.